The molecule has 0 radical (unpaired) electrons. The van der Waals surface area contributed by atoms with Gasteiger partial charge >= 0.3 is 0 Å². The number of hydrogen-bond donors (Lipinski definition) is 1. The number of nitrogens with two attached hydrogens (primary N) is 1. The van der Waals surface area contributed by atoms with Crippen LogP contribution >= 0.6 is 0 Å². The van der Waals surface area contributed by atoms with Crippen LogP contribution in [0.15, 0.2) is 12.1 Å². The molecule has 94 valence electrons. The molecule has 3 nitrogen and oxygen atoms in total. The molecule has 1 aromatic carbocycles. The molecule has 3 heteroatoms. The summed E-state index contributed by atoms with van der Waals surface area (Å²) in [6.45, 7) is 2.11. The van der Waals surface area contributed by atoms with Crippen LogP contribution in [-0.4, -0.2) is 14.2 Å². The minimum absolute atomic E-state index is 0.193. The Balaban J connectivity index is 2.53. The third-order valence-electron chi connectivity index (χ3n) is 3.78. The van der Waals surface area contributed by atoms with Gasteiger partial charge in [-0.3, -0.25) is 0 Å². The van der Waals surface area contributed by atoms with E-state index in [1.165, 1.54) is 6.42 Å². The zero-order chi connectivity index (χ0) is 12.5. The predicted octanol–water partition coefficient (Wildman–Crippen LogP) is 2.60. The van der Waals surface area contributed by atoms with Crippen molar-refractivity contribution in [2.75, 3.05) is 14.2 Å². The summed E-state index contributed by atoms with van der Waals surface area (Å²) in [6.07, 6.45) is 4.17. The fourth-order valence-corrected chi connectivity index (χ4v) is 2.59. The highest BCUT2D eigenvalue weighted by Crippen LogP contribution is 2.45. The Labute approximate surface area is 103 Å². The van der Waals surface area contributed by atoms with E-state index in [0.29, 0.717) is 0 Å². The van der Waals surface area contributed by atoms with E-state index < -0.39 is 0 Å². The molecular formula is C14H21NO2. The first-order valence-electron chi connectivity index (χ1n) is 6.19. The van der Waals surface area contributed by atoms with Crippen LogP contribution in [0.5, 0.6) is 11.5 Å². The molecule has 2 rings (SSSR count). The Morgan fingerprint density at radius 3 is 2.35 bits per heavy atom. The van der Waals surface area contributed by atoms with Gasteiger partial charge in [-0.25, -0.2) is 0 Å². The standard InChI is InChI=1S/C14H21NO2/c1-4-10-12(16-2)7-6-11(13(10)17-3)14(15)8-5-9-14/h6-7H,4-5,8-9,15H2,1-3H3. The molecule has 1 fully saturated rings. The molecule has 2 N–H and O–H groups in total. The molecule has 0 atom stereocenters. The molecule has 0 aromatic heterocycles. The van der Waals surface area contributed by atoms with Crippen molar-refractivity contribution >= 4 is 0 Å². The van der Waals surface area contributed by atoms with Gasteiger partial charge in [-0.1, -0.05) is 6.92 Å². The van der Waals surface area contributed by atoms with E-state index in [0.717, 1.165) is 41.9 Å². The van der Waals surface area contributed by atoms with Gasteiger partial charge < -0.3 is 15.2 Å². The second-order valence-electron chi connectivity index (χ2n) is 4.69. The van der Waals surface area contributed by atoms with Gasteiger partial charge in [0.2, 0.25) is 0 Å². The first-order chi connectivity index (χ1) is 8.16. The SMILES string of the molecule is CCc1c(OC)ccc(C2(N)CCC2)c1OC. The molecule has 0 spiro atoms. The van der Waals surface area contributed by atoms with Crippen LogP contribution in [0.3, 0.4) is 0 Å². The van der Waals surface area contributed by atoms with E-state index in [9.17, 15) is 0 Å². The highest BCUT2D eigenvalue weighted by atomic mass is 16.5. The third kappa shape index (κ3) is 1.89. The summed E-state index contributed by atoms with van der Waals surface area (Å²) in [5, 5.41) is 0. The van der Waals surface area contributed by atoms with Crippen molar-refractivity contribution < 1.29 is 9.47 Å². The maximum Gasteiger partial charge on any atom is 0.130 e. The van der Waals surface area contributed by atoms with Crippen LogP contribution in [-0.2, 0) is 12.0 Å². The zero-order valence-electron chi connectivity index (χ0n) is 10.9. The molecule has 1 aromatic rings. The molecule has 0 bridgehead atoms. The highest BCUT2D eigenvalue weighted by molar-refractivity contribution is 5.53. The van der Waals surface area contributed by atoms with Crippen molar-refractivity contribution in [3.63, 3.8) is 0 Å². The molecule has 0 saturated heterocycles. The minimum atomic E-state index is -0.193. The van der Waals surface area contributed by atoms with Crippen molar-refractivity contribution in [1.29, 1.82) is 0 Å². The van der Waals surface area contributed by atoms with Gasteiger partial charge in [0.15, 0.2) is 0 Å². The predicted molar refractivity (Wildman–Crippen MR) is 68.6 cm³/mol. The van der Waals surface area contributed by atoms with Crippen molar-refractivity contribution in [2.45, 2.75) is 38.1 Å². The number of hydrogen-bond acceptors (Lipinski definition) is 3. The van der Waals surface area contributed by atoms with E-state index >= 15 is 0 Å². The van der Waals surface area contributed by atoms with Gasteiger partial charge in [0.05, 0.1) is 14.2 Å². The largest absolute Gasteiger partial charge is 0.496 e. The van der Waals surface area contributed by atoms with Crippen LogP contribution in [0, 0.1) is 0 Å². The van der Waals surface area contributed by atoms with E-state index in [2.05, 4.69) is 13.0 Å². The molecule has 0 heterocycles. The maximum absolute atomic E-state index is 6.39. The average Bonchev–Trinajstić information content (AvgIpc) is 2.33. The summed E-state index contributed by atoms with van der Waals surface area (Å²) in [4.78, 5) is 0. The van der Waals surface area contributed by atoms with Crippen LogP contribution < -0.4 is 15.2 Å². The molecule has 1 saturated carbocycles. The van der Waals surface area contributed by atoms with E-state index in [1.54, 1.807) is 14.2 Å². The summed E-state index contributed by atoms with van der Waals surface area (Å²) in [5.41, 5.74) is 8.45. The quantitative estimate of drug-likeness (QED) is 0.872. The van der Waals surface area contributed by atoms with Crippen molar-refractivity contribution in [1.82, 2.24) is 0 Å². The molecule has 0 unspecified atom stereocenters. The van der Waals surface area contributed by atoms with Crippen molar-refractivity contribution in [3.8, 4) is 11.5 Å². The molecular weight excluding hydrogens is 214 g/mol. The number of benzene rings is 1. The number of ether oxygens (including phenoxy) is 2. The Morgan fingerprint density at radius 1 is 1.24 bits per heavy atom. The lowest BCUT2D eigenvalue weighted by atomic mass is 9.72. The van der Waals surface area contributed by atoms with Crippen LogP contribution in [0.2, 0.25) is 0 Å². The summed E-state index contributed by atoms with van der Waals surface area (Å²) < 4.78 is 10.9. The van der Waals surface area contributed by atoms with E-state index in [1.807, 2.05) is 6.07 Å². The first kappa shape index (κ1) is 12.2. The van der Waals surface area contributed by atoms with E-state index in [-0.39, 0.29) is 5.54 Å². The molecule has 1 aliphatic carbocycles. The summed E-state index contributed by atoms with van der Waals surface area (Å²) in [6, 6.07) is 4.06. The summed E-state index contributed by atoms with van der Waals surface area (Å²) in [5.74, 6) is 1.80. The van der Waals surface area contributed by atoms with Gasteiger partial charge in [0, 0.05) is 16.7 Å². The van der Waals surface area contributed by atoms with E-state index in [4.69, 9.17) is 15.2 Å². The zero-order valence-corrected chi connectivity index (χ0v) is 10.9. The maximum atomic E-state index is 6.39. The van der Waals surface area contributed by atoms with Gasteiger partial charge in [0.25, 0.3) is 0 Å². The first-order valence-corrected chi connectivity index (χ1v) is 6.19. The summed E-state index contributed by atoms with van der Waals surface area (Å²) >= 11 is 0. The second-order valence-corrected chi connectivity index (χ2v) is 4.69. The monoisotopic (exact) mass is 235 g/mol. The molecule has 17 heavy (non-hydrogen) atoms. The topological polar surface area (TPSA) is 44.5 Å². The number of rotatable bonds is 4. The lowest BCUT2D eigenvalue weighted by Gasteiger charge is -2.40. The lowest BCUT2D eigenvalue weighted by Crippen LogP contribution is -2.43. The molecule has 0 amide bonds. The van der Waals surface area contributed by atoms with Gasteiger partial charge in [-0.05, 0) is 37.8 Å². The fourth-order valence-electron chi connectivity index (χ4n) is 2.59. The normalized spacial score (nSPS) is 17.4. The molecule has 0 aliphatic heterocycles. The Bertz CT molecular complexity index is 411. The number of methoxy groups -OCH3 is 2. The fraction of sp³-hybridized carbons (Fsp3) is 0.571. The highest BCUT2D eigenvalue weighted by Gasteiger charge is 2.37. The Kier molecular flexibility index (Phi) is 3.29. The Morgan fingerprint density at radius 2 is 1.94 bits per heavy atom. The van der Waals surface area contributed by atoms with Crippen molar-refractivity contribution in [3.05, 3.63) is 23.3 Å². The lowest BCUT2D eigenvalue weighted by molar-refractivity contribution is 0.242. The van der Waals surface area contributed by atoms with Gasteiger partial charge in [0.1, 0.15) is 11.5 Å². The minimum Gasteiger partial charge on any atom is -0.496 e. The van der Waals surface area contributed by atoms with Crippen molar-refractivity contribution in [2.24, 2.45) is 5.73 Å². The van der Waals surface area contributed by atoms with Crippen LogP contribution in [0.4, 0.5) is 0 Å². The molecule has 1 aliphatic rings. The van der Waals surface area contributed by atoms with Gasteiger partial charge in [-0.15, -0.1) is 0 Å². The summed E-state index contributed by atoms with van der Waals surface area (Å²) in [7, 11) is 3.40. The third-order valence-corrected chi connectivity index (χ3v) is 3.78. The van der Waals surface area contributed by atoms with Gasteiger partial charge in [-0.2, -0.15) is 0 Å². The smallest absolute Gasteiger partial charge is 0.130 e. The van der Waals surface area contributed by atoms with Crippen LogP contribution in [0.25, 0.3) is 0 Å². The second kappa shape index (κ2) is 4.57. The average molecular weight is 235 g/mol. The Hall–Kier alpha value is -1.22. The van der Waals surface area contributed by atoms with Crippen LogP contribution in [0.1, 0.15) is 37.3 Å².